The van der Waals surface area contributed by atoms with Gasteiger partial charge >= 0.3 is 0 Å². The van der Waals surface area contributed by atoms with E-state index in [-0.39, 0.29) is 5.91 Å². The van der Waals surface area contributed by atoms with E-state index in [9.17, 15) is 4.79 Å². The highest BCUT2D eigenvalue weighted by Crippen LogP contribution is 2.33. The second kappa shape index (κ2) is 8.26. The molecule has 1 aromatic carbocycles. The lowest BCUT2D eigenvalue weighted by atomic mass is 9.86. The van der Waals surface area contributed by atoms with Crippen LogP contribution >= 0.6 is 11.6 Å². The van der Waals surface area contributed by atoms with Crippen molar-refractivity contribution in [2.24, 2.45) is 5.92 Å². The van der Waals surface area contributed by atoms with Crippen LogP contribution in [-0.4, -0.2) is 36.5 Å². The van der Waals surface area contributed by atoms with Crippen LogP contribution in [0.15, 0.2) is 41.2 Å². The van der Waals surface area contributed by atoms with Crippen LogP contribution in [0.3, 0.4) is 0 Å². The first-order valence-electron chi connectivity index (χ1n) is 9.69. The highest BCUT2D eigenvalue weighted by Gasteiger charge is 2.25. The molecule has 1 aromatic heterocycles. The topological polar surface area (TPSA) is 54.7 Å². The highest BCUT2D eigenvalue weighted by molar-refractivity contribution is 6.30. The van der Waals surface area contributed by atoms with Crippen LogP contribution in [0, 0.1) is 5.92 Å². The molecule has 2 aromatic rings. The molecule has 1 N–H and O–H groups in total. The van der Waals surface area contributed by atoms with Gasteiger partial charge < -0.3 is 19.4 Å². The van der Waals surface area contributed by atoms with Gasteiger partial charge in [0, 0.05) is 24.2 Å². The first-order chi connectivity index (χ1) is 13.2. The van der Waals surface area contributed by atoms with Crippen LogP contribution in [-0.2, 0) is 0 Å². The van der Waals surface area contributed by atoms with E-state index < -0.39 is 0 Å². The maximum atomic E-state index is 12.4. The summed E-state index contributed by atoms with van der Waals surface area (Å²) in [6, 6.07) is 7.75. The number of carbonyl (C=O) groups excluding carboxylic acids is 1. The Kier molecular flexibility index (Phi) is 5.58. The van der Waals surface area contributed by atoms with Gasteiger partial charge in [-0.05, 0) is 55.9 Å². The molecular formula is C21H25ClN2O3. The molecule has 6 heteroatoms. The van der Waals surface area contributed by atoms with E-state index in [1.807, 2.05) is 23.1 Å². The molecule has 1 aliphatic carbocycles. The van der Waals surface area contributed by atoms with Crippen molar-refractivity contribution in [3.05, 3.63) is 47.4 Å². The quantitative estimate of drug-likeness (QED) is 0.770. The molecule has 0 bridgehead atoms. The largest absolute Gasteiger partial charge is 0.491 e. The average Bonchev–Trinajstić information content (AvgIpc) is 3.17. The van der Waals surface area contributed by atoms with E-state index in [0.717, 1.165) is 44.0 Å². The lowest BCUT2D eigenvalue weighted by Crippen LogP contribution is -2.42. The zero-order valence-corrected chi connectivity index (χ0v) is 16.1. The first kappa shape index (κ1) is 18.2. The maximum Gasteiger partial charge on any atom is 0.257 e. The molecule has 2 aliphatic rings. The molecule has 4 rings (SSSR count). The Bertz CT molecular complexity index is 766. The van der Waals surface area contributed by atoms with Gasteiger partial charge in [0.2, 0.25) is 0 Å². The van der Waals surface area contributed by atoms with Crippen molar-refractivity contribution in [3.63, 3.8) is 0 Å². The van der Waals surface area contributed by atoms with Crippen molar-refractivity contribution in [1.82, 2.24) is 4.90 Å². The molecule has 2 fully saturated rings. The van der Waals surface area contributed by atoms with Crippen LogP contribution in [0.25, 0.3) is 0 Å². The summed E-state index contributed by atoms with van der Waals surface area (Å²) in [4.78, 5) is 14.3. The van der Waals surface area contributed by atoms with Crippen molar-refractivity contribution in [1.29, 1.82) is 0 Å². The van der Waals surface area contributed by atoms with E-state index in [4.69, 9.17) is 20.8 Å². The molecule has 5 nitrogen and oxygen atoms in total. The van der Waals surface area contributed by atoms with Gasteiger partial charge in [-0.2, -0.15) is 0 Å². The van der Waals surface area contributed by atoms with Crippen LogP contribution in [0.4, 0.5) is 5.69 Å². The molecule has 0 radical (unpaired) electrons. The minimum absolute atomic E-state index is 0.0366. The Morgan fingerprint density at radius 3 is 2.70 bits per heavy atom. The second-order valence-electron chi connectivity index (χ2n) is 7.47. The number of halogens is 1. The van der Waals surface area contributed by atoms with Crippen LogP contribution < -0.4 is 10.1 Å². The third kappa shape index (κ3) is 4.41. The van der Waals surface area contributed by atoms with Crippen molar-refractivity contribution < 1.29 is 13.9 Å². The van der Waals surface area contributed by atoms with Crippen LogP contribution in [0.1, 0.15) is 42.5 Å². The van der Waals surface area contributed by atoms with Gasteiger partial charge in [-0.3, -0.25) is 4.79 Å². The Labute approximate surface area is 164 Å². The molecule has 1 saturated heterocycles. The number of rotatable bonds is 6. The normalized spacial score (nSPS) is 18.2. The average molecular weight is 389 g/mol. The van der Waals surface area contributed by atoms with E-state index in [2.05, 4.69) is 5.32 Å². The summed E-state index contributed by atoms with van der Waals surface area (Å²) in [5.74, 6) is 1.59. The predicted octanol–water partition coefficient (Wildman–Crippen LogP) is 4.83. The predicted molar refractivity (Wildman–Crippen MR) is 106 cm³/mol. The summed E-state index contributed by atoms with van der Waals surface area (Å²) in [6.07, 6.45) is 8.65. The number of carbonyl (C=O) groups is 1. The summed E-state index contributed by atoms with van der Waals surface area (Å²) in [5.41, 5.74) is 1.56. The molecule has 27 heavy (non-hydrogen) atoms. The summed E-state index contributed by atoms with van der Waals surface area (Å²) < 4.78 is 11.1. The molecule has 144 valence electrons. The number of likely N-dealkylation sites (tertiary alicyclic amines) is 1. The molecular weight excluding hydrogens is 364 g/mol. The van der Waals surface area contributed by atoms with Crippen molar-refractivity contribution in [3.8, 4) is 5.75 Å². The minimum atomic E-state index is 0.0366. The van der Waals surface area contributed by atoms with E-state index >= 15 is 0 Å². The third-order valence-corrected chi connectivity index (χ3v) is 5.79. The van der Waals surface area contributed by atoms with Crippen molar-refractivity contribution in [2.45, 2.75) is 38.1 Å². The number of amides is 1. The number of anilines is 1. The molecule has 2 heterocycles. The minimum Gasteiger partial charge on any atom is -0.491 e. The fourth-order valence-corrected chi connectivity index (χ4v) is 3.80. The molecule has 1 saturated carbocycles. The smallest absolute Gasteiger partial charge is 0.257 e. The summed E-state index contributed by atoms with van der Waals surface area (Å²) in [5, 5.41) is 4.27. The zero-order valence-electron chi connectivity index (χ0n) is 15.3. The van der Waals surface area contributed by atoms with Gasteiger partial charge in [0.25, 0.3) is 5.91 Å². The number of furan rings is 1. The SMILES string of the molecule is O=C(c1ccoc1)N1CCC(Nc2cc(Cl)ccc2OCC2CCC2)CC1. The summed E-state index contributed by atoms with van der Waals surface area (Å²) in [7, 11) is 0. The van der Waals surface area contributed by atoms with Gasteiger partial charge in [-0.15, -0.1) is 0 Å². The van der Waals surface area contributed by atoms with Crippen LogP contribution in [0.5, 0.6) is 5.75 Å². The maximum absolute atomic E-state index is 12.4. The Hall–Kier alpha value is -2.14. The Morgan fingerprint density at radius 1 is 1.22 bits per heavy atom. The monoisotopic (exact) mass is 388 g/mol. The fraction of sp³-hybridized carbons (Fsp3) is 0.476. The molecule has 1 aliphatic heterocycles. The van der Waals surface area contributed by atoms with Gasteiger partial charge in [0.15, 0.2) is 0 Å². The standard InChI is InChI=1S/C21H25ClN2O3/c22-17-4-5-20(27-13-15-2-1-3-15)19(12-17)23-18-6-9-24(10-7-18)21(25)16-8-11-26-14-16/h4-5,8,11-12,14-15,18,23H,1-3,6-7,9-10,13H2. The second-order valence-corrected chi connectivity index (χ2v) is 7.91. The first-order valence-corrected chi connectivity index (χ1v) is 10.1. The fourth-order valence-electron chi connectivity index (χ4n) is 3.62. The highest BCUT2D eigenvalue weighted by atomic mass is 35.5. The van der Waals surface area contributed by atoms with Crippen molar-refractivity contribution in [2.75, 3.05) is 25.0 Å². The number of hydrogen-bond donors (Lipinski definition) is 1. The number of piperidine rings is 1. The van der Waals surface area contributed by atoms with Gasteiger partial charge in [0.05, 0.1) is 24.1 Å². The number of nitrogens with zero attached hydrogens (tertiary/aromatic N) is 1. The van der Waals surface area contributed by atoms with E-state index in [0.29, 0.717) is 22.5 Å². The summed E-state index contributed by atoms with van der Waals surface area (Å²) in [6.45, 7) is 2.22. The van der Waals surface area contributed by atoms with Gasteiger partial charge in [-0.25, -0.2) is 0 Å². The number of nitrogens with one attached hydrogen (secondary N) is 1. The van der Waals surface area contributed by atoms with E-state index in [1.54, 1.807) is 6.07 Å². The Morgan fingerprint density at radius 2 is 2.04 bits per heavy atom. The molecule has 0 spiro atoms. The van der Waals surface area contributed by atoms with Gasteiger partial charge in [0.1, 0.15) is 12.0 Å². The van der Waals surface area contributed by atoms with E-state index in [1.165, 1.54) is 31.8 Å². The van der Waals surface area contributed by atoms with Crippen molar-refractivity contribution >= 4 is 23.2 Å². The lowest BCUT2D eigenvalue weighted by molar-refractivity contribution is 0.0717. The van der Waals surface area contributed by atoms with Gasteiger partial charge in [-0.1, -0.05) is 18.0 Å². The lowest BCUT2D eigenvalue weighted by Gasteiger charge is -2.33. The number of benzene rings is 1. The molecule has 0 atom stereocenters. The number of hydrogen-bond acceptors (Lipinski definition) is 4. The zero-order chi connectivity index (χ0) is 18.6. The van der Waals surface area contributed by atoms with Crippen LogP contribution in [0.2, 0.25) is 5.02 Å². The molecule has 0 unspecified atom stereocenters. The molecule has 1 amide bonds. The number of ether oxygens (including phenoxy) is 1. The third-order valence-electron chi connectivity index (χ3n) is 5.55. The summed E-state index contributed by atoms with van der Waals surface area (Å²) >= 11 is 6.20. The Balaban J connectivity index is 1.34.